The zero-order chi connectivity index (χ0) is 21.9. The number of benzene rings is 2. The quantitative estimate of drug-likeness (QED) is 0.561. The molecular weight excluding hydrogens is 386 g/mol. The van der Waals surface area contributed by atoms with Gasteiger partial charge in [0.25, 0.3) is 5.56 Å². The van der Waals surface area contributed by atoms with Gasteiger partial charge in [0.2, 0.25) is 0 Å². The van der Waals surface area contributed by atoms with Gasteiger partial charge < -0.3 is 24.6 Å². The van der Waals surface area contributed by atoms with Gasteiger partial charge in [0.15, 0.2) is 0 Å². The number of rotatable bonds is 2. The molecule has 1 aliphatic heterocycles. The molecule has 1 aromatic heterocycles. The van der Waals surface area contributed by atoms with E-state index in [-0.39, 0.29) is 40.5 Å². The molecule has 30 heavy (non-hydrogen) atoms. The maximum atomic E-state index is 12.9. The maximum Gasteiger partial charge on any atom is 0.342 e. The third kappa shape index (κ3) is 2.65. The van der Waals surface area contributed by atoms with E-state index in [4.69, 9.17) is 4.74 Å². The number of phenols is 2. The summed E-state index contributed by atoms with van der Waals surface area (Å²) in [5.74, 6) is -1.73. The number of hydrogen-bond acceptors (Lipinski definition) is 6. The highest BCUT2D eigenvalue weighted by atomic mass is 16.5. The van der Waals surface area contributed by atoms with E-state index in [0.717, 1.165) is 0 Å². The minimum Gasteiger partial charge on any atom is -0.507 e. The first-order chi connectivity index (χ1) is 14.1. The molecule has 3 aromatic rings. The molecule has 0 fully saturated rings. The summed E-state index contributed by atoms with van der Waals surface area (Å²) in [5.41, 5.74) is 1.12. The molecule has 7 heteroatoms. The molecule has 4 rings (SSSR count). The Hall–Kier alpha value is -3.48. The van der Waals surface area contributed by atoms with Crippen LogP contribution in [0, 0.1) is 6.92 Å². The van der Waals surface area contributed by atoms with Gasteiger partial charge in [-0.05, 0) is 37.1 Å². The third-order valence-electron chi connectivity index (χ3n) is 6.22. The largest absolute Gasteiger partial charge is 0.507 e. The number of aryl methyl sites for hydroxylation is 1. The Balaban J connectivity index is 1.97. The molecule has 2 aromatic carbocycles. The van der Waals surface area contributed by atoms with Gasteiger partial charge >= 0.3 is 5.97 Å². The lowest BCUT2D eigenvalue weighted by Gasteiger charge is -2.31. The molecule has 0 aliphatic carbocycles. The summed E-state index contributed by atoms with van der Waals surface area (Å²) in [6.45, 7) is 5.27. The lowest BCUT2D eigenvalue weighted by atomic mass is 9.82. The SMILES string of the molecule is Cc1c(O)c(Cc2c(O)c3ccccc3n(C)c2=O)c(O)c2c1[C@H](C)[C@@H](C)OC2=O. The van der Waals surface area contributed by atoms with Gasteiger partial charge in [-0.25, -0.2) is 4.79 Å². The molecule has 7 nitrogen and oxygen atoms in total. The molecule has 156 valence electrons. The molecule has 2 heterocycles. The second kappa shape index (κ2) is 6.79. The van der Waals surface area contributed by atoms with Gasteiger partial charge in [0.05, 0.1) is 11.1 Å². The van der Waals surface area contributed by atoms with Crippen LogP contribution in [0.3, 0.4) is 0 Å². The van der Waals surface area contributed by atoms with E-state index < -0.39 is 23.4 Å². The van der Waals surface area contributed by atoms with Crippen molar-refractivity contribution in [3.63, 3.8) is 0 Å². The Morgan fingerprint density at radius 3 is 2.37 bits per heavy atom. The number of phenolic OH excluding ortho intramolecular Hbond substituents is 2. The van der Waals surface area contributed by atoms with Gasteiger partial charge in [-0.2, -0.15) is 0 Å². The number of fused-ring (bicyclic) bond motifs is 2. The minimum absolute atomic E-state index is 0.00278. The van der Waals surface area contributed by atoms with E-state index in [1.807, 2.05) is 6.92 Å². The molecule has 2 atom stereocenters. The Morgan fingerprint density at radius 2 is 1.67 bits per heavy atom. The topological polar surface area (TPSA) is 109 Å². The van der Waals surface area contributed by atoms with E-state index in [1.54, 1.807) is 45.2 Å². The van der Waals surface area contributed by atoms with Gasteiger partial charge in [-0.3, -0.25) is 4.79 Å². The number of esters is 1. The van der Waals surface area contributed by atoms with Gasteiger partial charge in [-0.1, -0.05) is 19.1 Å². The van der Waals surface area contributed by atoms with Crippen LogP contribution in [0.4, 0.5) is 0 Å². The number of nitrogens with zero attached hydrogens (tertiary/aromatic N) is 1. The number of carbonyl (C=O) groups is 1. The summed E-state index contributed by atoms with van der Waals surface area (Å²) in [4.78, 5) is 25.4. The average molecular weight is 409 g/mol. The predicted octanol–water partition coefficient (Wildman–Crippen LogP) is 3.22. The fourth-order valence-electron chi connectivity index (χ4n) is 4.32. The summed E-state index contributed by atoms with van der Waals surface area (Å²) in [6.07, 6.45) is -0.642. The zero-order valence-corrected chi connectivity index (χ0v) is 17.2. The van der Waals surface area contributed by atoms with Gasteiger partial charge in [0, 0.05) is 30.3 Å². The van der Waals surface area contributed by atoms with Crippen LogP contribution in [-0.4, -0.2) is 32.0 Å². The summed E-state index contributed by atoms with van der Waals surface area (Å²) in [6, 6.07) is 6.91. The summed E-state index contributed by atoms with van der Waals surface area (Å²) < 4.78 is 6.74. The van der Waals surface area contributed by atoms with Crippen LogP contribution >= 0.6 is 0 Å². The number of para-hydroxylation sites is 1. The molecule has 3 N–H and O–H groups in total. The van der Waals surface area contributed by atoms with Crippen molar-refractivity contribution in [2.24, 2.45) is 7.05 Å². The Kier molecular flexibility index (Phi) is 4.49. The van der Waals surface area contributed by atoms with Crippen LogP contribution in [0.2, 0.25) is 0 Å². The molecule has 0 radical (unpaired) electrons. The van der Waals surface area contributed by atoms with Crippen LogP contribution in [-0.2, 0) is 18.2 Å². The van der Waals surface area contributed by atoms with Crippen molar-refractivity contribution in [1.29, 1.82) is 0 Å². The van der Waals surface area contributed by atoms with Gasteiger partial charge in [-0.15, -0.1) is 0 Å². The fraction of sp³-hybridized carbons (Fsp3) is 0.304. The van der Waals surface area contributed by atoms with Crippen LogP contribution < -0.4 is 5.56 Å². The summed E-state index contributed by atoms with van der Waals surface area (Å²) in [7, 11) is 1.59. The van der Waals surface area contributed by atoms with Crippen LogP contribution in [0.1, 0.15) is 52.4 Å². The molecule has 0 spiro atoms. The van der Waals surface area contributed by atoms with E-state index >= 15 is 0 Å². The minimum atomic E-state index is -0.673. The standard InChI is InChI=1S/C23H23NO6/c1-10-12(3)30-23(29)18-17(10)11(2)19(25)14(21(18)27)9-15-20(26)13-7-5-6-8-16(13)24(4)22(15)28/h5-8,10,12,25-27H,9H2,1-4H3/t10-,12-/m1/s1. The molecule has 0 unspecified atom stereocenters. The first-order valence-corrected chi connectivity index (χ1v) is 9.72. The van der Waals surface area contributed by atoms with Crippen molar-refractivity contribution in [3.05, 3.63) is 62.4 Å². The highest BCUT2D eigenvalue weighted by molar-refractivity contribution is 5.97. The number of aromatic hydroxyl groups is 3. The van der Waals surface area contributed by atoms with E-state index in [0.29, 0.717) is 22.0 Å². The van der Waals surface area contributed by atoms with Crippen molar-refractivity contribution >= 4 is 16.9 Å². The average Bonchev–Trinajstić information content (AvgIpc) is 2.72. The number of carbonyl (C=O) groups excluding carboxylic acids is 1. The molecule has 0 saturated heterocycles. The first-order valence-electron chi connectivity index (χ1n) is 9.72. The van der Waals surface area contributed by atoms with Crippen molar-refractivity contribution in [2.75, 3.05) is 0 Å². The molecule has 0 saturated carbocycles. The van der Waals surface area contributed by atoms with E-state index in [2.05, 4.69) is 0 Å². The number of ether oxygens (including phenoxy) is 1. The van der Waals surface area contributed by atoms with Crippen molar-refractivity contribution < 1.29 is 24.9 Å². The molecule has 1 aliphatic rings. The third-order valence-corrected chi connectivity index (χ3v) is 6.22. The lowest BCUT2D eigenvalue weighted by molar-refractivity contribution is 0.0235. The van der Waals surface area contributed by atoms with Crippen molar-refractivity contribution in [1.82, 2.24) is 4.57 Å². The zero-order valence-electron chi connectivity index (χ0n) is 17.2. The van der Waals surface area contributed by atoms with Crippen LogP contribution in [0.15, 0.2) is 29.1 Å². The molecule has 0 amide bonds. The monoisotopic (exact) mass is 409 g/mol. The summed E-state index contributed by atoms with van der Waals surface area (Å²) in [5, 5.41) is 33.0. The van der Waals surface area contributed by atoms with E-state index in [9.17, 15) is 24.9 Å². The Bertz CT molecular complexity index is 1270. The number of pyridine rings is 1. The predicted molar refractivity (Wildman–Crippen MR) is 111 cm³/mol. The fourth-order valence-corrected chi connectivity index (χ4v) is 4.32. The maximum absolute atomic E-state index is 12.9. The second-order valence-corrected chi connectivity index (χ2v) is 7.87. The highest BCUT2D eigenvalue weighted by Gasteiger charge is 2.37. The highest BCUT2D eigenvalue weighted by Crippen LogP contribution is 2.45. The van der Waals surface area contributed by atoms with Crippen molar-refractivity contribution in [3.8, 4) is 17.2 Å². The van der Waals surface area contributed by atoms with Crippen molar-refractivity contribution in [2.45, 2.75) is 39.2 Å². The Labute approximate surface area is 172 Å². The number of aromatic nitrogens is 1. The van der Waals surface area contributed by atoms with Gasteiger partial charge in [0.1, 0.15) is 28.9 Å². The number of hydrogen-bond donors (Lipinski definition) is 3. The second-order valence-electron chi connectivity index (χ2n) is 7.87. The normalized spacial score (nSPS) is 18.3. The van der Waals surface area contributed by atoms with E-state index in [1.165, 1.54) is 4.57 Å². The first kappa shape index (κ1) is 19.8. The Morgan fingerprint density at radius 1 is 1.00 bits per heavy atom. The molecular formula is C23H23NO6. The smallest absolute Gasteiger partial charge is 0.342 e. The molecule has 0 bridgehead atoms. The van der Waals surface area contributed by atoms with Crippen LogP contribution in [0.25, 0.3) is 10.9 Å². The summed E-state index contributed by atoms with van der Waals surface area (Å²) >= 11 is 0. The number of cyclic esters (lactones) is 1. The lowest BCUT2D eigenvalue weighted by Crippen LogP contribution is -2.30. The van der Waals surface area contributed by atoms with Crippen LogP contribution in [0.5, 0.6) is 17.2 Å².